The third-order valence-corrected chi connectivity index (χ3v) is 3.85. The summed E-state index contributed by atoms with van der Waals surface area (Å²) < 4.78 is 0. The second-order valence-corrected chi connectivity index (χ2v) is 5.18. The van der Waals surface area contributed by atoms with Crippen molar-refractivity contribution in [3.05, 3.63) is 35.4 Å². The fourth-order valence-corrected chi connectivity index (χ4v) is 2.73. The molecule has 0 bridgehead atoms. The normalized spacial score (nSPS) is 16.2. The van der Waals surface area contributed by atoms with Crippen molar-refractivity contribution in [2.45, 2.75) is 32.2 Å². The molecule has 5 heteroatoms. The number of benzene rings is 1. The number of nitrogens with zero attached hydrogens (tertiary/aromatic N) is 2. The molecule has 1 N–H and O–H groups in total. The summed E-state index contributed by atoms with van der Waals surface area (Å²) >= 11 is 0. The van der Waals surface area contributed by atoms with E-state index in [4.69, 9.17) is 5.26 Å². The third-order valence-electron chi connectivity index (χ3n) is 3.85. The fraction of sp³-hybridized carbons (Fsp3) is 0.562. The van der Waals surface area contributed by atoms with Crippen LogP contribution in [0.4, 0.5) is 0 Å². The summed E-state index contributed by atoms with van der Waals surface area (Å²) in [5, 5.41) is 12.3. The van der Waals surface area contributed by atoms with Gasteiger partial charge in [0.1, 0.15) is 0 Å². The van der Waals surface area contributed by atoms with Crippen molar-refractivity contribution in [2.75, 3.05) is 26.2 Å². The van der Waals surface area contributed by atoms with Gasteiger partial charge < -0.3 is 5.32 Å². The summed E-state index contributed by atoms with van der Waals surface area (Å²) in [5.41, 5.74) is 2.10. The second-order valence-electron chi connectivity index (χ2n) is 5.18. The second kappa shape index (κ2) is 10.9. The Hall–Kier alpha value is -0.790. The predicted octanol–water partition coefficient (Wildman–Crippen LogP) is 3.54. The number of halogens is 2. The van der Waals surface area contributed by atoms with Gasteiger partial charge in [-0.25, -0.2) is 0 Å². The number of nitriles is 1. The maximum Gasteiger partial charge on any atom is 0.0991 e. The zero-order valence-electron chi connectivity index (χ0n) is 12.5. The van der Waals surface area contributed by atoms with Gasteiger partial charge >= 0.3 is 0 Å². The molecule has 3 nitrogen and oxygen atoms in total. The van der Waals surface area contributed by atoms with Crippen LogP contribution in [-0.2, 0) is 0 Å². The molecule has 2 rings (SSSR count). The molecule has 1 saturated heterocycles. The van der Waals surface area contributed by atoms with Crippen LogP contribution in [0.3, 0.4) is 0 Å². The van der Waals surface area contributed by atoms with Gasteiger partial charge in [-0.15, -0.1) is 24.8 Å². The molecule has 1 fully saturated rings. The van der Waals surface area contributed by atoms with E-state index in [2.05, 4.69) is 35.3 Å². The molecule has 1 aromatic carbocycles. The van der Waals surface area contributed by atoms with E-state index in [9.17, 15) is 0 Å². The lowest BCUT2D eigenvalue weighted by atomic mass is 9.98. The monoisotopic (exact) mass is 329 g/mol. The Morgan fingerprint density at radius 3 is 2.33 bits per heavy atom. The Kier molecular flexibility index (Phi) is 10.5. The minimum absolute atomic E-state index is 0. The molecule has 1 heterocycles. The van der Waals surface area contributed by atoms with Crippen LogP contribution < -0.4 is 5.32 Å². The summed E-state index contributed by atoms with van der Waals surface area (Å²) in [6.07, 6.45) is 3.70. The van der Waals surface area contributed by atoms with Gasteiger partial charge in [0, 0.05) is 32.2 Å². The van der Waals surface area contributed by atoms with Gasteiger partial charge in [0.2, 0.25) is 0 Å². The Bertz CT molecular complexity index is 422. The first-order valence-corrected chi connectivity index (χ1v) is 7.30. The van der Waals surface area contributed by atoms with Crippen molar-refractivity contribution in [1.29, 1.82) is 5.26 Å². The van der Waals surface area contributed by atoms with E-state index in [1.165, 1.54) is 24.8 Å². The first kappa shape index (κ1) is 20.2. The largest absolute Gasteiger partial charge is 0.314 e. The highest BCUT2D eigenvalue weighted by molar-refractivity contribution is 5.85. The molecule has 1 aromatic rings. The van der Waals surface area contributed by atoms with Crippen molar-refractivity contribution < 1.29 is 0 Å². The summed E-state index contributed by atoms with van der Waals surface area (Å²) in [6, 6.07) is 10.8. The molecular formula is C16H25Cl2N3. The van der Waals surface area contributed by atoms with Gasteiger partial charge in [0.05, 0.1) is 11.6 Å². The van der Waals surface area contributed by atoms with E-state index in [0.717, 1.165) is 31.7 Å². The van der Waals surface area contributed by atoms with Crippen LogP contribution in [0, 0.1) is 11.3 Å². The molecule has 118 valence electrons. The summed E-state index contributed by atoms with van der Waals surface area (Å²) in [5.74, 6) is 0. The lowest BCUT2D eigenvalue weighted by molar-refractivity contribution is 0.163. The molecule has 0 spiro atoms. The number of rotatable bonds is 5. The van der Waals surface area contributed by atoms with Crippen LogP contribution in [0.1, 0.15) is 43.4 Å². The lowest BCUT2D eigenvalue weighted by Gasteiger charge is -2.35. The Morgan fingerprint density at radius 1 is 1.19 bits per heavy atom. The number of nitrogens with one attached hydrogen (secondary N) is 1. The van der Waals surface area contributed by atoms with Gasteiger partial charge in [-0.2, -0.15) is 5.26 Å². The number of unbranched alkanes of at least 4 members (excludes halogenated alkanes) is 1. The molecule has 21 heavy (non-hydrogen) atoms. The first-order valence-electron chi connectivity index (χ1n) is 7.30. The number of piperazine rings is 1. The van der Waals surface area contributed by atoms with Gasteiger partial charge in [0.15, 0.2) is 0 Å². The highest BCUT2D eigenvalue weighted by Crippen LogP contribution is 2.26. The minimum Gasteiger partial charge on any atom is -0.314 e. The molecule has 0 unspecified atom stereocenters. The van der Waals surface area contributed by atoms with Gasteiger partial charge in [-0.1, -0.05) is 31.9 Å². The van der Waals surface area contributed by atoms with Gasteiger partial charge in [-0.3, -0.25) is 4.90 Å². The molecule has 0 radical (unpaired) electrons. The van der Waals surface area contributed by atoms with E-state index < -0.39 is 0 Å². The van der Waals surface area contributed by atoms with Crippen molar-refractivity contribution in [3.8, 4) is 6.07 Å². The smallest absolute Gasteiger partial charge is 0.0991 e. The maximum atomic E-state index is 8.89. The SMILES string of the molecule is CCCC[C@@H](c1ccc(C#N)cc1)N1CCNCC1.Cl.Cl. The summed E-state index contributed by atoms with van der Waals surface area (Å²) in [7, 11) is 0. The van der Waals surface area contributed by atoms with Crippen molar-refractivity contribution in [1.82, 2.24) is 10.2 Å². The fourth-order valence-electron chi connectivity index (χ4n) is 2.73. The Balaban J connectivity index is 0.00000200. The third kappa shape index (κ3) is 5.84. The van der Waals surface area contributed by atoms with E-state index in [-0.39, 0.29) is 24.8 Å². The van der Waals surface area contributed by atoms with E-state index in [0.29, 0.717) is 6.04 Å². The van der Waals surface area contributed by atoms with E-state index in [1.807, 2.05) is 12.1 Å². The van der Waals surface area contributed by atoms with Crippen LogP contribution >= 0.6 is 24.8 Å². The minimum atomic E-state index is 0. The average molecular weight is 330 g/mol. The lowest BCUT2D eigenvalue weighted by Crippen LogP contribution is -2.45. The van der Waals surface area contributed by atoms with Crippen LogP contribution in [0.2, 0.25) is 0 Å². The zero-order chi connectivity index (χ0) is 13.5. The maximum absolute atomic E-state index is 8.89. The predicted molar refractivity (Wildman–Crippen MR) is 92.4 cm³/mol. The molecule has 1 aliphatic rings. The molecular weight excluding hydrogens is 305 g/mol. The number of hydrogen-bond donors (Lipinski definition) is 1. The van der Waals surface area contributed by atoms with E-state index in [1.54, 1.807) is 0 Å². The molecule has 0 amide bonds. The average Bonchev–Trinajstić information content (AvgIpc) is 2.49. The van der Waals surface area contributed by atoms with Crippen molar-refractivity contribution >= 4 is 24.8 Å². The van der Waals surface area contributed by atoms with Gasteiger partial charge in [-0.05, 0) is 24.1 Å². The highest BCUT2D eigenvalue weighted by atomic mass is 35.5. The van der Waals surface area contributed by atoms with Gasteiger partial charge in [0.25, 0.3) is 0 Å². The topological polar surface area (TPSA) is 39.1 Å². The molecule has 0 aromatic heterocycles. The van der Waals surface area contributed by atoms with Crippen LogP contribution in [0.15, 0.2) is 24.3 Å². The van der Waals surface area contributed by atoms with E-state index >= 15 is 0 Å². The summed E-state index contributed by atoms with van der Waals surface area (Å²) in [4.78, 5) is 2.58. The number of hydrogen-bond acceptors (Lipinski definition) is 3. The first-order chi connectivity index (χ1) is 9.35. The zero-order valence-corrected chi connectivity index (χ0v) is 14.2. The molecule has 1 atom stereocenters. The van der Waals surface area contributed by atoms with Crippen LogP contribution in [-0.4, -0.2) is 31.1 Å². The van der Waals surface area contributed by atoms with Crippen LogP contribution in [0.5, 0.6) is 0 Å². The Morgan fingerprint density at radius 2 is 1.81 bits per heavy atom. The van der Waals surface area contributed by atoms with Crippen molar-refractivity contribution in [2.24, 2.45) is 0 Å². The standard InChI is InChI=1S/C16H23N3.2ClH/c1-2-3-4-16(19-11-9-18-10-12-19)15-7-5-14(13-17)6-8-15;;/h5-8,16,18H,2-4,9-12H2,1H3;2*1H/t16-;;/m0../s1. The quantitative estimate of drug-likeness (QED) is 0.897. The molecule has 0 saturated carbocycles. The molecule has 0 aliphatic carbocycles. The van der Waals surface area contributed by atoms with Crippen molar-refractivity contribution in [3.63, 3.8) is 0 Å². The Labute approximate surface area is 140 Å². The summed E-state index contributed by atoms with van der Waals surface area (Å²) in [6.45, 7) is 6.65. The van der Waals surface area contributed by atoms with Crippen LogP contribution in [0.25, 0.3) is 0 Å². The molecule has 1 aliphatic heterocycles. The highest BCUT2D eigenvalue weighted by Gasteiger charge is 2.21.